The Labute approximate surface area is 374 Å². The lowest BCUT2D eigenvalue weighted by Gasteiger charge is -2.49. The number of allylic oxidation sites excluding steroid dienone is 1. The van der Waals surface area contributed by atoms with E-state index < -0.39 is 13.0 Å². The largest absolute Gasteiger partial charge is 0.529 e. The number of halogens is 2. The third-order valence-electron chi connectivity index (χ3n) is 14.2. The summed E-state index contributed by atoms with van der Waals surface area (Å²) in [5.41, 5.74) is 8.68. The fourth-order valence-corrected chi connectivity index (χ4v) is 11.0. The van der Waals surface area contributed by atoms with Crippen molar-refractivity contribution in [2.45, 2.75) is 119 Å². The number of nitriles is 2. The van der Waals surface area contributed by atoms with Crippen LogP contribution >= 0.6 is 0 Å². The molecule has 6 nitrogen and oxygen atoms in total. The minimum atomic E-state index is -4.39. The van der Waals surface area contributed by atoms with E-state index in [0.29, 0.717) is 46.6 Å². The number of esters is 1. The Morgan fingerprint density at radius 3 is 1.95 bits per heavy atom. The Morgan fingerprint density at radius 2 is 1.38 bits per heavy atom. The molecule has 1 unspecified atom stereocenters. The minimum Gasteiger partial charge on any atom is -0.463 e. The molecular formula is C55H54BF2N4O2-. The van der Waals surface area contributed by atoms with Gasteiger partial charge in [-0.05, 0) is 183 Å². The average molecular weight is 852 g/mol. The summed E-state index contributed by atoms with van der Waals surface area (Å²) in [5, 5.41) is 30.2. The van der Waals surface area contributed by atoms with Crippen LogP contribution in [-0.2, 0) is 22.0 Å². The van der Waals surface area contributed by atoms with Crippen LogP contribution in [0.15, 0.2) is 83.6 Å². The summed E-state index contributed by atoms with van der Waals surface area (Å²) in [4.78, 5) is 14.6. The number of benzene rings is 6. The lowest BCUT2D eigenvalue weighted by Crippen LogP contribution is -2.57. The minimum absolute atomic E-state index is 0.0223. The monoisotopic (exact) mass is 851 g/mol. The zero-order chi connectivity index (χ0) is 46.1. The highest BCUT2D eigenvalue weighted by Gasteiger charge is 2.51. The van der Waals surface area contributed by atoms with E-state index in [2.05, 4.69) is 108 Å². The van der Waals surface area contributed by atoms with Crippen LogP contribution in [-0.4, -0.2) is 28.3 Å². The third kappa shape index (κ3) is 6.26. The highest BCUT2D eigenvalue weighted by atomic mass is 19.2. The van der Waals surface area contributed by atoms with Gasteiger partial charge in [0.1, 0.15) is 11.8 Å². The van der Waals surface area contributed by atoms with Gasteiger partial charge in [0.15, 0.2) is 0 Å². The van der Waals surface area contributed by atoms with Crippen molar-refractivity contribution < 1.29 is 18.2 Å². The van der Waals surface area contributed by atoms with E-state index in [0.717, 1.165) is 20.4 Å². The highest BCUT2D eigenvalue weighted by Crippen LogP contribution is 2.52. The van der Waals surface area contributed by atoms with E-state index in [-0.39, 0.29) is 45.7 Å². The number of carbonyl (C=O) groups excluding carboxylic acids is 1. The van der Waals surface area contributed by atoms with Gasteiger partial charge in [0, 0.05) is 29.4 Å². The van der Waals surface area contributed by atoms with Gasteiger partial charge < -0.3 is 22.7 Å². The number of aromatic nitrogens is 1. The van der Waals surface area contributed by atoms with Crippen LogP contribution in [0, 0.1) is 50.4 Å². The van der Waals surface area contributed by atoms with Crippen molar-refractivity contribution in [1.29, 1.82) is 10.5 Å². The molecule has 0 aliphatic carbocycles. The molecule has 7 aromatic rings. The fourth-order valence-electron chi connectivity index (χ4n) is 11.0. The van der Waals surface area contributed by atoms with Crippen LogP contribution in [0.5, 0.6) is 5.75 Å². The fraction of sp³-hybridized carbons (Fsp3) is 0.327. The quantitative estimate of drug-likeness (QED) is 0.0547. The lowest BCUT2D eigenvalue weighted by molar-refractivity contribution is -0.134. The van der Waals surface area contributed by atoms with Crippen LogP contribution in [0.4, 0.5) is 8.63 Å². The Bertz CT molecular complexity index is 3250. The number of nitrogens with zero attached hydrogens (tertiary/aromatic N) is 4. The molecule has 64 heavy (non-hydrogen) atoms. The molecule has 9 heteroatoms. The van der Waals surface area contributed by atoms with Crippen LogP contribution in [0.2, 0.25) is 0 Å². The molecule has 9 rings (SSSR count). The van der Waals surface area contributed by atoms with E-state index in [1.165, 1.54) is 59.8 Å². The molecule has 6 aromatic carbocycles. The second-order valence-corrected chi connectivity index (χ2v) is 20.4. The molecule has 0 spiro atoms. The number of hydrogen-bond donors (Lipinski definition) is 0. The van der Waals surface area contributed by atoms with E-state index in [1.807, 2.05) is 13.8 Å². The molecule has 2 aliphatic rings. The van der Waals surface area contributed by atoms with Crippen molar-refractivity contribution in [2.75, 3.05) is 0 Å². The predicted octanol–water partition coefficient (Wildman–Crippen LogP) is 13.7. The van der Waals surface area contributed by atoms with Crippen molar-refractivity contribution in [1.82, 2.24) is 9.29 Å². The summed E-state index contributed by atoms with van der Waals surface area (Å²) in [6, 6.07) is 27.7. The number of hydrogen-bond acceptors (Lipinski definition) is 5. The van der Waals surface area contributed by atoms with Crippen molar-refractivity contribution in [2.24, 2.45) is 0 Å². The number of aryl methyl sites for hydroxylation is 3. The van der Waals surface area contributed by atoms with E-state index in [1.54, 1.807) is 39.8 Å². The maximum atomic E-state index is 16.7. The van der Waals surface area contributed by atoms with Crippen LogP contribution in [0.25, 0.3) is 48.7 Å². The molecule has 2 aliphatic heterocycles. The standard InChI is InChI=1S/C55H54BF2N4O2/c1-29-21-39(22-30(2)48(29)51-52-31(3)45(27-59)33(5)61(52)56(57,58)62-34(6)46(28-60)32(4)53(51)62)64-47(63)18-13-15-35-19-20-42-44-26-38(55(10,11)12)24-36-23-37(54(7,8)9)25-43(49(36)44)41-17-14-16-40(35)50(41)42/h14,16-17,19-26,33H,13,15,18H2,1-12H3/q-1. The molecule has 0 radical (unpaired) electrons. The molecule has 1 atom stereocenters. The van der Waals surface area contributed by atoms with Crippen molar-refractivity contribution >= 4 is 61.6 Å². The molecule has 0 bridgehead atoms. The Kier molecular flexibility index (Phi) is 9.73. The Balaban J connectivity index is 1.03. The number of ether oxygens (including phenoxy) is 1. The Morgan fingerprint density at radius 1 is 0.781 bits per heavy atom. The highest BCUT2D eigenvalue weighted by molar-refractivity contribution is 6.63. The average Bonchev–Trinajstić information content (AvgIpc) is 3.64. The molecule has 324 valence electrons. The van der Waals surface area contributed by atoms with Gasteiger partial charge in [-0.15, -0.1) is 0 Å². The van der Waals surface area contributed by atoms with Gasteiger partial charge in [0.05, 0.1) is 17.2 Å². The zero-order valence-electron chi connectivity index (χ0n) is 39.0. The molecule has 1 aromatic heterocycles. The lowest BCUT2D eigenvalue weighted by atomic mass is 9.79. The van der Waals surface area contributed by atoms with Gasteiger partial charge in [-0.25, -0.2) is 0 Å². The Hall–Kier alpha value is -6.45. The molecule has 0 saturated heterocycles. The van der Waals surface area contributed by atoms with Gasteiger partial charge >= 0.3 is 12.9 Å². The summed E-state index contributed by atoms with van der Waals surface area (Å²) < 4.78 is 40.5. The summed E-state index contributed by atoms with van der Waals surface area (Å²) in [6.07, 6.45) is 1.49. The van der Waals surface area contributed by atoms with Crippen molar-refractivity contribution in [3.63, 3.8) is 0 Å². The first-order valence-electron chi connectivity index (χ1n) is 22.4. The zero-order valence-corrected chi connectivity index (χ0v) is 39.0. The number of fused-ring (bicyclic) bond motifs is 4. The molecule has 0 saturated carbocycles. The van der Waals surface area contributed by atoms with Gasteiger partial charge in [-0.2, -0.15) is 10.5 Å². The number of carbonyl (C=O) groups is 1. The van der Waals surface area contributed by atoms with Gasteiger partial charge in [0.25, 0.3) is 0 Å². The predicted molar refractivity (Wildman–Crippen MR) is 257 cm³/mol. The first-order valence-corrected chi connectivity index (χ1v) is 22.4. The van der Waals surface area contributed by atoms with Crippen LogP contribution in [0.1, 0.15) is 124 Å². The van der Waals surface area contributed by atoms with E-state index in [4.69, 9.17) is 4.74 Å². The van der Waals surface area contributed by atoms with Gasteiger partial charge in [-0.1, -0.05) is 84.0 Å². The molecule has 0 fully saturated rings. The summed E-state index contributed by atoms with van der Waals surface area (Å²) in [6.45, 7) is 19.6. The molecular weight excluding hydrogens is 797 g/mol. The van der Waals surface area contributed by atoms with Crippen LogP contribution < -0.4 is 4.74 Å². The third-order valence-corrected chi connectivity index (χ3v) is 14.2. The SMILES string of the molecule is CC1=C(C#N)C(C)N2C1=C(c1c(C)cc(OC(=O)CCCc3ccc4c5cc(C(C)(C)C)cc6cc(C(C)(C)C)cc(c7cccc3c74)c65)cc1C)c1c(C)c(C#N)c(C)n1[B-]2(F)F. The first kappa shape index (κ1) is 42.8. The molecule has 0 N–H and O–H groups in total. The summed E-state index contributed by atoms with van der Waals surface area (Å²) in [5.74, 6) is 0.0228. The normalized spacial score (nSPS) is 16.3. The topological polar surface area (TPSA) is 82.1 Å². The number of rotatable bonds is 6. The second kappa shape index (κ2) is 14.5. The second-order valence-electron chi connectivity index (χ2n) is 20.4. The summed E-state index contributed by atoms with van der Waals surface area (Å²) in [7, 11) is 0. The van der Waals surface area contributed by atoms with Crippen molar-refractivity contribution in [3.8, 4) is 17.9 Å². The molecule has 3 heterocycles. The maximum Gasteiger partial charge on any atom is 0.529 e. The first-order chi connectivity index (χ1) is 30.1. The van der Waals surface area contributed by atoms with Crippen LogP contribution in [0.3, 0.4) is 0 Å². The van der Waals surface area contributed by atoms with E-state index in [9.17, 15) is 15.3 Å². The smallest absolute Gasteiger partial charge is 0.463 e. The van der Waals surface area contributed by atoms with E-state index >= 15 is 8.63 Å². The molecule has 0 amide bonds. The van der Waals surface area contributed by atoms with Crippen molar-refractivity contribution in [3.05, 3.63) is 139 Å². The van der Waals surface area contributed by atoms with Gasteiger partial charge in [-0.3, -0.25) is 4.79 Å². The van der Waals surface area contributed by atoms with Gasteiger partial charge in [0.2, 0.25) is 0 Å². The summed E-state index contributed by atoms with van der Waals surface area (Å²) >= 11 is 0. The maximum absolute atomic E-state index is 16.7.